The lowest BCUT2D eigenvalue weighted by molar-refractivity contribution is 0.0779. The zero-order chi connectivity index (χ0) is 16.9. The molecule has 0 bridgehead atoms. The van der Waals surface area contributed by atoms with Crippen LogP contribution < -0.4 is 0 Å². The first-order chi connectivity index (χ1) is 11.6. The molecule has 6 nitrogen and oxygen atoms in total. The number of hydrogen-bond acceptors (Lipinski definition) is 4. The van der Waals surface area contributed by atoms with Gasteiger partial charge in [0.15, 0.2) is 5.69 Å². The molecule has 24 heavy (non-hydrogen) atoms. The Labute approximate surface area is 142 Å². The van der Waals surface area contributed by atoms with Gasteiger partial charge in [0.2, 0.25) is 0 Å². The molecule has 1 aliphatic carbocycles. The molecule has 0 aromatic carbocycles. The molecule has 0 radical (unpaired) electrons. The van der Waals surface area contributed by atoms with Crippen molar-refractivity contribution in [3.8, 4) is 0 Å². The predicted octanol–water partition coefficient (Wildman–Crippen LogP) is 2.83. The summed E-state index contributed by atoms with van der Waals surface area (Å²) in [6.45, 7) is 3.41. The fourth-order valence-corrected chi connectivity index (χ4v) is 3.32. The molecule has 2 aromatic heterocycles. The van der Waals surface area contributed by atoms with E-state index in [0.29, 0.717) is 18.2 Å². The molecule has 1 amide bonds. The minimum absolute atomic E-state index is 0.0962. The van der Waals surface area contributed by atoms with E-state index in [1.807, 2.05) is 23.9 Å². The molecule has 0 N–H and O–H groups in total. The largest absolute Gasteiger partial charge is 0.336 e. The van der Waals surface area contributed by atoms with Gasteiger partial charge >= 0.3 is 0 Å². The van der Waals surface area contributed by atoms with Crippen LogP contribution in [0.2, 0.25) is 0 Å². The van der Waals surface area contributed by atoms with Crippen molar-refractivity contribution in [3.05, 3.63) is 41.5 Å². The molecule has 1 saturated carbocycles. The van der Waals surface area contributed by atoms with Gasteiger partial charge < -0.3 is 4.90 Å². The molecule has 1 aliphatic rings. The van der Waals surface area contributed by atoms with Gasteiger partial charge in [-0.1, -0.05) is 24.5 Å². The van der Waals surface area contributed by atoms with Gasteiger partial charge in [-0.05, 0) is 42.9 Å². The second-order valence-electron chi connectivity index (χ2n) is 6.79. The van der Waals surface area contributed by atoms with Crippen LogP contribution in [0.3, 0.4) is 0 Å². The van der Waals surface area contributed by atoms with Gasteiger partial charge in [-0.25, -0.2) is 0 Å². The van der Waals surface area contributed by atoms with E-state index in [2.05, 4.69) is 15.3 Å². The summed E-state index contributed by atoms with van der Waals surface area (Å²) >= 11 is 0. The van der Waals surface area contributed by atoms with Crippen molar-refractivity contribution in [2.75, 3.05) is 7.05 Å². The van der Waals surface area contributed by atoms with Gasteiger partial charge in [0.05, 0.1) is 6.20 Å². The molecule has 128 valence electrons. The molecular formula is C18H25N5O. The number of amides is 1. The Bertz CT molecular complexity index is 690. The Balaban J connectivity index is 1.61. The van der Waals surface area contributed by atoms with Crippen LogP contribution in [0.15, 0.2) is 24.7 Å². The van der Waals surface area contributed by atoms with Gasteiger partial charge in [0, 0.05) is 32.5 Å². The Kier molecular flexibility index (Phi) is 5.23. The molecule has 2 aromatic rings. The zero-order valence-corrected chi connectivity index (χ0v) is 14.5. The predicted molar refractivity (Wildman–Crippen MR) is 91.4 cm³/mol. The first-order valence-corrected chi connectivity index (χ1v) is 8.68. The average molecular weight is 327 g/mol. The van der Waals surface area contributed by atoms with E-state index < -0.39 is 0 Å². The standard InChI is InChI=1S/C18H25N5O/c1-14-10-19-9-8-16(14)12-22(2)18(24)17-13-23(21-20-17)11-15-6-4-3-5-7-15/h8-10,13,15H,3-7,11-12H2,1-2H3. The van der Waals surface area contributed by atoms with E-state index in [1.165, 1.54) is 32.1 Å². The van der Waals surface area contributed by atoms with Crippen LogP contribution in [0.25, 0.3) is 0 Å². The quantitative estimate of drug-likeness (QED) is 0.847. The van der Waals surface area contributed by atoms with Crippen molar-refractivity contribution in [2.45, 2.75) is 52.1 Å². The fraction of sp³-hybridized carbons (Fsp3) is 0.556. The SMILES string of the molecule is Cc1cnccc1CN(C)C(=O)c1cn(CC2CCCCC2)nn1. The van der Waals surface area contributed by atoms with Crippen LogP contribution in [0.5, 0.6) is 0 Å². The number of rotatable bonds is 5. The summed E-state index contributed by atoms with van der Waals surface area (Å²) in [5.41, 5.74) is 2.59. The van der Waals surface area contributed by atoms with E-state index in [9.17, 15) is 4.79 Å². The van der Waals surface area contributed by atoms with Crippen molar-refractivity contribution in [2.24, 2.45) is 5.92 Å². The number of carbonyl (C=O) groups is 1. The van der Waals surface area contributed by atoms with Crippen molar-refractivity contribution in [3.63, 3.8) is 0 Å². The molecule has 0 spiro atoms. The normalized spacial score (nSPS) is 15.4. The number of aromatic nitrogens is 4. The van der Waals surface area contributed by atoms with Crippen LogP contribution in [-0.4, -0.2) is 37.8 Å². The number of pyridine rings is 1. The highest BCUT2D eigenvalue weighted by Crippen LogP contribution is 2.24. The van der Waals surface area contributed by atoms with Crippen molar-refractivity contribution in [1.29, 1.82) is 0 Å². The molecule has 0 unspecified atom stereocenters. The number of hydrogen-bond donors (Lipinski definition) is 0. The van der Waals surface area contributed by atoms with E-state index >= 15 is 0 Å². The molecule has 6 heteroatoms. The van der Waals surface area contributed by atoms with Crippen LogP contribution in [0, 0.1) is 12.8 Å². The van der Waals surface area contributed by atoms with Gasteiger partial charge in [0.1, 0.15) is 0 Å². The van der Waals surface area contributed by atoms with Crippen molar-refractivity contribution >= 4 is 5.91 Å². The minimum atomic E-state index is -0.0962. The first kappa shape index (κ1) is 16.6. The molecule has 3 rings (SSSR count). The topological polar surface area (TPSA) is 63.9 Å². The highest BCUT2D eigenvalue weighted by molar-refractivity contribution is 5.91. The van der Waals surface area contributed by atoms with Gasteiger partial charge in [-0.3, -0.25) is 14.5 Å². The van der Waals surface area contributed by atoms with Gasteiger partial charge in [-0.15, -0.1) is 5.10 Å². The Hall–Kier alpha value is -2.24. The van der Waals surface area contributed by atoms with Crippen LogP contribution in [-0.2, 0) is 13.1 Å². The highest BCUT2D eigenvalue weighted by atomic mass is 16.2. The molecule has 0 aliphatic heterocycles. The third kappa shape index (κ3) is 3.99. The van der Waals surface area contributed by atoms with Crippen molar-refractivity contribution < 1.29 is 4.79 Å². The second-order valence-corrected chi connectivity index (χ2v) is 6.79. The maximum atomic E-state index is 12.6. The monoisotopic (exact) mass is 327 g/mol. The summed E-state index contributed by atoms with van der Waals surface area (Å²) in [5.74, 6) is 0.571. The lowest BCUT2D eigenvalue weighted by Crippen LogP contribution is -2.27. The van der Waals surface area contributed by atoms with E-state index in [0.717, 1.165) is 17.7 Å². The van der Waals surface area contributed by atoms with E-state index in [-0.39, 0.29) is 5.91 Å². The highest BCUT2D eigenvalue weighted by Gasteiger charge is 2.19. The molecular weight excluding hydrogens is 302 g/mol. The smallest absolute Gasteiger partial charge is 0.276 e. The first-order valence-electron chi connectivity index (χ1n) is 8.68. The maximum Gasteiger partial charge on any atom is 0.276 e. The average Bonchev–Trinajstić information content (AvgIpc) is 3.05. The van der Waals surface area contributed by atoms with Gasteiger partial charge in [-0.2, -0.15) is 0 Å². The summed E-state index contributed by atoms with van der Waals surface area (Å²) < 4.78 is 1.83. The minimum Gasteiger partial charge on any atom is -0.336 e. The maximum absolute atomic E-state index is 12.6. The Morgan fingerprint density at radius 1 is 1.33 bits per heavy atom. The van der Waals surface area contributed by atoms with Crippen LogP contribution in [0.4, 0.5) is 0 Å². The zero-order valence-electron chi connectivity index (χ0n) is 14.5. The third-order valence-corrected chi connectivity index (χ3v) is 4.82. The number of carbonyl (C=O) groups excluding carboxylic acids is 1. The summed E-state index contributed by atoms with van der Waals surface area (Å²) in [6.07, 6.45) is 11.8. The van der Waals surface area contributed by atoms with Gasteiger partial charge in [0.25, 0.3) is 5.91 Å². The Morgan fingerprint density at radius 2 is 2.12 bits per heavy atom. The lowest BCUT2D eigenvalue weighted by Gasteiger charge is -2.20. The molecule has 2 heterocycles. The number of aryl methyl sites for hydroxylation is 1. The summed E-state index contributed by atoms with van der Waals surface area (Å²) in [4.78, 5) is 18.3. The molecule has 1 fully saturated rings. The molecule has 0 atom stereocenters. The summed E-state index contributed by atoms with van der Waals surface area (Å²) in [6, 6.07) is 1.94. The van der Waals surface area contributed by atoms with E-state index in [1.54, 1.807) is 24.3 Å². The third-order valence-electron chi connectivity index (χ3n) is 4.82. The lowest BCUT2D eigenvalue weighted by atomic mass is 9.89. The van der Waals surface area contributed by atoms with E-state index in [4.69, 9.17) is 0 Å². The Morgan fingerprint density at radius 3 is 2.88 bits per heavy atom. The summed E-state index contributed by atoms with van der Waals surface area (Å²) in [7, 11) is 1.79. The summed E-state index contributed by atoms with van der Waals surface area (Å²) in [5, 5.41) is 8.22. The molecule has 0 saturated heterocycles. The van der Waals surface area contributed by atoms with Crippen LogP contribution in [0.1, 0.15) is 53.7 Å². The van der Waals surface area contributed by atoms with Crippen molar-refractivity contribution in [1.82, 2.24) is 24.9 Å². The second kappa shape index (κ2) is 7.55. The van der Waals surface area contributed by atoms with Crippen LogP contribution >= 0.6 is 0 Å². The fourth-order valence-electron chi connectivity index (χ4n) is 3.32. The number of nitrogens with zero attached hydrogens (tertiary/aromatic N) is 5.